The third-order valence-electron chi connectivity index (χ3n) is 3.25. The number of hydrogen-bond donors (Lipinski definition) is 1. The molecule has 0 aliphatic carbocycles. The van der Waals surface area contributed by atoms with Gasteiger partial charge < -0.3 is 5.32 Å². The lowest BCUT2D eigenvalue weighted by molar-refractivity contribution is 0.867. The molecule has 0 aliphatic heterocycles. The number of anilines is 2. The maximum Gasteiger partial charge on any atom is 0.144 e. The van der Waals surface area contributed by atoms with E-state index < -0.39 is 0 Å². The van der Waals surface area contributed by atoms with Gasteiger partial charge in [-0.15, -0.1) is 0 Å². The van der Waals surface area contributed by atoms with Crippen molar-refractivity contribution in [1.29, 1.82) is 0 Å². The largest absolute Gasteiger partial charge is 0.339 e. The number of para-hydroxylation sites is 1. The van der Waals surface area contributed by atoms with Crippen LogP contribution >= 0.6 is 15.9 Å². The first-order chi connectivity index (χ1) is 9.00. The van der Waals surface area contributed by atoms with Crippen molar-refractivity contribution in [2.45, 2.75) is 33.6 Å². The molecule has 0 fully saturated rings. The van der Waals surface area contributed by atoms with Crippen LogP contribution in [0, 0.1) is 13.8 Å². The summed E-state index contributed by atoms with van der Waals surface area (Å²) >= 11 is 3.60. The minimum absolute atomic E-state index is 0.478. The Morgan fingerprint density at radius 2 is 1.84 bits per heavy atom. The first kappa shape index (κ1) is 14.1. The molecule has 100 valence electrons. The van der Waals surface area contributed by atoms with Gasteiger partial charge in [-0.3, -0.25) is 0 Å². The number of nitrogens with zero attached hydrogens (tertiary/aromatic N) is 1. The monoisotopic (exact) mass is 318 g/mol. The molecule has 2 rings (SSSR count). The van der Waals surface area contributed by atoms with Gasteiger partial charge in [0, 0.05) is 11.9 Å². The first-order valence-electron chi connectivity index (χ1n) is 6.48. The standard InChI is InChI=1S/C16H19BrN2/c1-10(2)13-7-5-6-12(4)15(13)19-16-14(17)11(3)8-9-18-16/h5-10H,1-4H3,(H,18,19). The topological polar surface area (TPSA) is 24.9 Å². The Kier molecular flexibility index (Phi) is 4.25. The van der Waals surface area contributed by atoms with E-state index in [0.29, 0.717) is 5.92 Å². The van der Waals surface area contributed by atoms with Crippen LogP contribution < -0.4 is 5.32 Å². The number of halogens is 1. The van der Waals surface area contributed by atoms with Crippen molar-refractivity contribution in [3.63, 3.8) is 0 Å². The quantitative estimate of drug-likeness (QED) is 0.827. The van der Waals surface area contributed by atoms with Crippen molar-refractivity contribution < 1.29 is 0 Å². The van der Waals surface area contributed by atoms with Gasteiger partial charge in [-0.05, 0) is 58.5 Å². The SMILES string of the molecule is Cc1ccnc(Nc2c(C)cccc2C(C)C)c1Br. The van der Waals surface area contributed by atoms with Crippen molar-refractivity contribution in [3.8, 4) is 0 Å². The molecular formula is C16H19BrN2. The summed E-state index contributed by atoms with van der Waals surface area (Å²) in [6, 6.07) is 8.40. The highest BCUT2D eigenvalue weighted by Crippen LogP contribution is 2.32. The normalized spacial score (nSPS) is 10.8. The molecule has 0 unspecified atom stereocenters. The molecule has 1 aromatic carbocycles. The number of rotatable bonds is 3. The molecule has 0 amide bonds. The molecule has 2 nitrogen and oxygen atoms in total. The Labute approximate surface area is 123 Å². The summed E-state index contributed by atoms with van der Waals surface area (Å²) in [6.07, 6.45) is 1.83. The summed E-state index contributed by atoms with van der Waals surface area (Å²) in [5.41, 5.74) is 4.89. The van der Waals surface area contributed by atoms with Crippen LogP contribution in [-0.2, 0) is 0 Å². The maximum absolute atomic E-state index is 4.42. The summed E-state index contributed by atoms with van der Waals surface area (Å²) in [5.74, 6) is 1.35. The molecule has 1 N–H and O–H groups in total. The van der Waals surface area contributed by atoms with E-state index in [9.17, 15) is 0 Å². The highest BCUT2D eigenvalue weighted by atomic mass is 79.9. The minimum atomic E-state index is 0.478. The fourth-order valence-electron chi connectivity index (χ4n) is 2.09. The second-order valence-electron chi connectivity index (χ2n) is 5.11. The lowest BCUT2D eigenvalue weighted by Crippen LogP contribution is -2.02. The molecule has 0 atom stereocenters. The molecule has 1 aromatic heterocycles. The van der Waals surface area contributed by atoms with E-state index in [-0.39, 0.29) is 0 Å². The molecule has 3 heteroatoms. The van der Waals surface area contributed by atoms with Gasteiger partial charge in [-0.2, -0.15) is 0 Å². The second-order valence-corrected chi connectivity index (χ2v) is 5.90. The second kappa shape index (κ2) is 5.74. The highest BCUT2D eigenvalue weighted by molar-refractivity contribution is 9.10. The van der Waals surface area contributed by atoms with Gasteiger partial charge in [-0.25, -0.2) is 4.98 Å². The Bertz CT molecular complexity index is 591. The van der Waals surface area contributed by atoms with E-state index in [1.165, 1.54) is 16.7 Å². The third-order valence-corrected chi connectivity index (χ3v) is 4.25. The number of pyridine rings is 1. The van der Waals surface area contributed by atoms with Gasteiger partial charge >= 0.3 is 0 Å². The van der Waals surface area contributed by atoms with Crippen LogP contribution in [0.3, 0.4) is 0 Å². The van der Waals surface area contributed by atoms with E-state index in [0.717, 1.165) is 16.0 Å². The van der Waals surface area contributed by atoms with Crippen LogP contribution in [0.5, 0.6) is 0 Å². The van der Waals surface area contributed by atoms with Crippen molar-refractivity contribution >= 4 is 27.4 Å². The first-order valence-corrected chi connectivity index (χ1v) is 7.27. The molecule has 19 heavy (non-hydrogen) atoms. The minimum Gasteiger partial charge on any atom is -0.339 e. The average molecular weight is 319 g/mol. The van der Waals surface area contributed by atoms with Gasteiger partial charge in [0.25, 0.3) is 0 Å². The van der Waals surface area contributed by atoms with Crippen LogP contribution in [-0.4, -0.2) is 4.98 Å². The summed E-state index contributed by atoms with van der Waals surface area (Å²) in [4.78, 5) is 4.42. The Balaban J connectivity index is 2.46. The van der Waals surface area contributed by atoms with Gasteiger partial charge in [0.05, 0.1) is 4.47 Å². The van der Waals surface area contributed by atoms with E-state index in [1.807, 2.05) is 12.3 Å². The molecule has 0 aliphatic rings. The van der Waals surface area contributed by atoms with Gasteiger partial charge in [0.2, 0.25) is 0 Å². The van der Waals surface area contributed by atoms with E-state index in [1.54, 1.807) is 0 Å². The highest BCUT2D eigenvalue weighted by Gasteiger charge is 2.11. The lowest BCUT2D eigenvalue weighted by atomic mass is 9.98. The van der Waals surface area contributed by atoms with Crippen molar-refractivity contribution in [2.24, 2.45) is 0 Å². The van der Waals surface area contributed by atoms with Crippen molar-refractivity contribution in [1.82, 2.24) is 4.98 Å². The summed E-state index contributed by atoms with van der Waals surface area (Å²) in [7, 11) is 0. The van der Waals surface area contributed by atoms with E-state index in [4.69, 9.17) is 0 Å². The fraction of sp³-hybridized carbons (Fsp3) is 0.312. The van der Waals surface area contributed by atoms with Gasteiger partial charge in [-0.1, -0.05) is 32.0 Å². The zero-order chi connectivity index (χ0) is 14.0. The van der Waals surface area contributed by atoms with Crippen LogP contribution in [0.4, 0.5) is 11.5 Å². The van der Waals surface area contributed by atoms with Crippen molar-refractivity contribution in [2.75, 3.05) is 5.32 Å². The molecule has 0 saturated heterocycles. The predicted octanol–water partition coefficient (Wildman–Crippen LogP) is 5.33. The smallest absolute Gasteiger partial charge is 0.144 e. The molecule has 0 saturated carbocycles. The zero-order valence-corrected chi connectivity index (χ0v) is 13.4. The number of hydrogen-bond acceptors (Lipinski definition) is 2. The van der Waals surface area contributed by atoms with Crippen LogP contribution in [0.25, 0.3) is 0 Å². The molecule has 0 bridgehead atoms. The summed E-state index contributed by atoms with van der Waals surface area (Å²) < 4.78 is 1.02. The number of aryl methyl sites for hydroxylation is 2. The Morgan fingerprint density at radius 1 is 1.11 bits per heavy atom. The van der Waals surface area contributed by atoms with E-state index in [2.05, 4.69) is 72.1 Å². The van der Waals surface area contributed by atoms with E-state index >= 15 is 0 Å². The molecular weight excluding hydrogens is 300 g/mol. The zero-order valence-electron chi connectivity index (χ0n) is 11.8. The Hall–Kier alpha value is -1.35. The lowest BCUT2D eigenvalue weighted by Gasteiger charge is -2.18. The number of aromatic nitrogens is 1. The van der Waals surface area contributed by atoms with Gasteiger partial charge in [0.1, 0.15) is 5.82 Å². The molecule has 0 spiro atoms. The molecule has 0 radical (unpaired) electrons. The Morgan fingerprint density at radius 3 is 2.53 bits per heavy atom. The maximum atomic E-state index is 4.42. The predicted molar refractivity (Wildman–Crippen MR) is 85.2 cm³/mol. The van der Waals surface area contributed by atoms with Crippen LogP contribution in [0.15, 0.2) is 34.9 Å². The average Bonchev–Trinajstić information content (AvgIpc) is 2.36. The summed E-state index contributed by atoms with van der Waals surface area (Å²) in [5, 5.41) is 3.47. The van der Waals surface area contributed by atoms with Gasteiger partial charge in [0.15, 0.2) is 0 Å². The third kappa shape index (κ3) is 2.98. The molecule has 1 heterocycles. The molecule has 2 aromatic rings. The number of benzene rings is 1. The van der Waals surface area contributed by atoms with Crippen LogP contribution in [0.2, 0.25) is 0 Å². The van der Waals surface area contributed by atoms with Crippen molar-refractivity contribution in [3.05, 3.63) is 51.6 Å². The summed E-state index contributed by atoms with van der Waals surface area (Å²) in [6.45, 7) is 8.60. The van der Waals surface area contributed by atoms with Crippen LogP contribution in [0.1, 0.15) is 36.5 Å². The number of nitrogens with one attached hydrogen (secondary N) is 1. The fourth-order valence-corrected chi connectivity index (χ4v) is 2.42.